The number of nitrogens with zero attached hydrogens (tertiary/aromatic N) is 2. The van der Waals surface area contributed by atoms with E-state index in [1.165, 1.54) is 35.7 Å². The van der Waals surface area contributed by atoms with Crippen LogP contribution in [0, 0.1) is 18.2 Å². The van der Waals surface area contributed by atoms with Crippen LogP contribution in [0.1, 0.15) is 34.0 Å². The molecule has 1 aromatic carbocycles. The van der Waals surface area contributed by atoms with E-state index in [4.69, 9.17) is 15.9 Å². The summed E-state index contributed by atoms with van der Waals surface area (Å²) in [6.07, 6.45) is -1.55. The number of thiazole rings is 1. The van der Waals surface area contributed by atoms with Crippen LogP contribution in [0.4, 0.5) is 19.0 Å². The van der Waals surface area contributed by atoms with E-state index in [1.54, 1.807) is 13.0 Å². The SMILES string of the molecule is Cc1nc2c(s1)CN/C(=C(\C=N)C(F)F)c1cnc(N)c(c1)O[C@H](C)c1cc(F)ccc1-2. The summed E-state index contributed by atoms with van der Waals surface area (Å²) in [4.78, 5) is 9.48. The molecule has 1 atom stereocenters. The molecule has 0 saturated carbocycles. The number of benzene rings is 1. The third kappa shape index (κ3) is 4.05. The van der Waals surface area contributed by atoms with Gasteiger partial charge in [0.2, 0.25) is 0 Å². The van der Waals surface area contributed by atoms with Crippen LogP contribution in [0.3, 0.4) is 0 Å². The fourth-order valence-corrected chi connectivity index (χ4v) is 4.50. The number of fused-ring (bicyclic) bond motifs is 5. The van der Waals surface area contributed by atoms with E-state index >= 15 is 0 Å². The molecule has 166 valence electrons. The predicted octanol–water partition coefficient (Wildman–Crippen LogP) is 5.10. The van der Waals surface area contributed by atoms with Crippen LogP contribution < -0.4 is 15.8 Å². The molecular weight excluding hydrogens is 439 g/mol. The number of pyridine rings is 1. The summed E-state index contributed by atoms with van der Waals surface area (Å²) >= 11 is 1.41. The Morgan fingerprint density at radius 3 is 2.88 bits per heavy atom. The van der Waals surface area contributed by atoms with Gasteiger partial charge in [-0.2, -0.15) is 0 Å². The number of allylic oxidation sites excluding steroid dienone is 1. The van der Waals surface area contributed by atoms with E-state index in [1.807, 2.05) is 6.92 Å². The molecule has 4 rings (SSSR count). The van der Waals surface area contributed by atoms with E-state index < -0.39 is 23.9 Å². The van der Waals surface area contributed by atoms with Crippen molar-refractivity contribution in [3.63, 3.8) is 0 Å². The van der Waals surface area contributed by atoms with Gasteiger partial charge in [-0.05, 0) is 38.1 Å². The molecule has 0 radical (unpaired) electrons. The van der Waals surface area contributed by atoms with Crippen LogP contribution in [0.2, 0.25) is 0 Å². The number of halogens is 3. The Morgan fingerprint density at radius 1 is 1.38 bits per heavy atom. The van der Waals surface area contributed by atoms with Gasteiger partial charge in [0, 0.05) is 29.1 Å². The van der Waals surface area contributed by atoms with Crippen molar-refractivity contribution in [2.75, 3.05) is 5.73 Å². The van der Waals surface area contributed by atoms with Crippen molar-refractivity contribution >= 4 is 29.1 Å². The minimum Gasteiger partial charge on any atom is -0.482 e. The number of alkyl halides is 2. The van der Waals surface area contributed by atoms with Gasteiger partial charge in [-0.25, -0.2) is 23.1 Å². The van der Waals surface area contributed by atoms with Crippen molar-refractivity contribution in [2.45, 2.75) is 32.9 Å². The average Bonchev–Trinajstić information content (AvgIpc) is 3.12. The number of nitrogens with one attached hydrogen (secondary N) is 2. The first kappa shape index (κ1) is 21.8. The second-order valence-corrected chi connectivity index (χ2v) is 8.52. The monoisotopic (exact) mass is 459 g/mol. The van der Waals surface area contributed by atoms with Crippen LogP contribution in [-0.2, 0) is 6.54 Å². The maximum Gasteiger partial charge on any atom is 0.267 e. The molecule has 2 bridgehead atoms. The molecule has 6 nitrogen and oxygen atoms in total. The smallest absolute Gasteiger partial charge is 0.267 e. The van der Waals surface area contributed by atoms with Gasteiger partial charge in [0.05, 0.1) is 33.4 Å². The molecule has 3 aromatic rings. The summed E-state index contributed by atoms with van der Waals surface area (Å²) < 4.78 is 47.6. The zero-order valence-electron chi connectivity index (χ0n) is 17.2. The van der Waals surface area contributed by atoms with Crippen LogP contribution in [-0.4, -0.2) is 22.6 Å². The van der Waals surface area contributed by atoms with Gasteiger partial charge < -0.3 is 21.2 Å². The summed E-state index contributed by atoms with van der Waals surface area (Å²) in [7, 11) is 0. The van der Waals surface area contributed by atoms with E-state index in [2.05, 4.69) is 15.3 Å². The fourth-order valence-electron chi connectivity index (χ4n) is 3.61. The van der Waals surface area contributed by atoms with Gasteiger partial charge in [-0.3, -0.25) is 0 Å². The first-order valence-electron chi connectivity index (χ1n) is 9.73. The van der Waals surface area contributed by atoms with Crippen molar-refractivity contribution in [3.8, 4) is 17.0 Å². The van der Waals surface area contributed by atoms with E-state index in [-0.39, 0.29) is 23.8 Å². The Morgan fingerprint density at radius 2 is 2.16 bits per heavy atom. The van der Waals surface area contributed by atoms with Crippen molar-refractivity contribution in [1.29, 1.82) is 5.41 Å². The number of rotatable bonds is 2. The molecule has 4 N–H and O–H groups in total. The maximum absolute atomic E-state index is 14.1. The Balaban J connectivity index is 1.97. The molecule has 0 saturated heterocycles. The first-order chi connectivity index (χ1) is 15.3. The molecule has 10 heteroatoms. The maximum atomic E-state index is 14.1. The lowest BCUT2D eigenvalue weighted by molar-refractivity contribution is 0.197. The minimum absolute atomic E-state index is 0.0527. The Bertz CT molecular complexity index is 1220. The highest BCUT2D eigenvalue weighted by Gasteiger charge is 2.24. The lowest BCUT2D eigenvalue weighted by atomic mass is 9.99. The molecule has 1 aliphatic rings. The zero-order valence-corrected chi connectivity index (χ0v) is 18.1. The number of ether oxygens (including phenoxy) is 1. The number of nitrogen functional groups attached to an aromatic ring is 1. The quantitative estimate of drug-likeness (QED) is 0.463. The highest BCUT2D eigenvalue weighted by atomic mass is 32.1. The van der Waals surface area contributed by atoms with Crippen LogP contribution in [0.5, 0.6) is 5.75 Å². The van der Waals surface area contributed by atoms with E-state index in [9.17, 15) is 13.2 Å². The number of nitrogens with two attached hydrogens (primary N) is 1. The highest BCUT2D eigenvalue weighted by Crippen LogP contribution is 2.38. The minimum atomic E-state index is -2.88. The van der Waals surface area contributed by atoms with Crippen LogP contribution in [0.25, 0.3) is 17.0 Å². The topological polar surface area (TPSA) is 96.9 Å². The van der Waals surface area contributed by atoms with Gasteiger partial charge in [0.15, 0.2) is 11.6 Å². The third-order valence-electron chi connectivity index (χ3n) is 5.09. The van der Waals surface area contributed by atoms with E-state index in [0.29, 0.717) is 28.6 Å². The molecule has 0 amide bonds. The number of anilines is 1. The van der Waals surface area contributed by atoms with Crippen molar-refractivity contribution in [2.24, 2.45) is 0 Å². The van der Waals surface area contributed by atoms with Crippen LogP contribution >= 0.6 is 11.3 Å². The second-order valence-electron chi connectivity index (χ2n) is 7.23. The number of hydrogen-bond acceptors (Lipinski definition) is 7. The van der Waals surface area contributed by atoms with Crippen LogP contribution in [0.15, 0.2) is 36.0 Å². The van der Waals surface area contributed by atoms with Crippen molar-refractivity contribution in [3.05, 3.63) is 62.9 Å². The third-order valence-corrected chi connectivity index (χ3v) is 6.06. The molecule has 32 heavy (non-hydrogen) atoms. The molecule has 0 spiro atoms. The summed E-state index contributed by atoms with van der Waals surface area (Å²) in [5.74, 6) is -0.192. The van der Waals surface area contributed by atoms with Crippen molar-refractivity contribution in [1.82, 2.24) is 15.3 Å². The average molecular weight is 459 g/mol. The van der Waals surface area contributed by atoms with Gasteiger partial charge >= 0.3 is 0 Å². The van der Waals surface area contributed by atoms with Gasteiger partial charge in [-0.1, -0.05) is 0 Å². The zero-order chi connectivity index (χ0) is 23.0. The van der Waals surface area contributed by atoms with E-state index in [0.717, 1.165) is 9.88 Å². The predicted molar refractivity (Wildman–Crippen MR) is 118 cm³/mol. The molecule has 3 heterocycles. The summed E-state index contributed by atoms with van der Waals surface area (Å²) in [6, 6.07) is 5.85. The van der Waals surface area contributed by atoms with Crippen molar-refractivity contribution < 1.29 is 17.9 Å². The second kappa shape index (κ2) is 8.62. The molecule has 1 aliphatic heterocycles. The first-order valence-corrected chi connectivity index (χ1v) is 10.6. The standard InChI is InChI=1S/C22H20F3N5OS/c1-10-15-6-13(23)3-4-14(15)20-18(32-11(2)30-20)9-28-19(16(7-26)21(24)25)12-5-17(31-10)22(27)29-8-12/h3-8,10,21,26,28H,9H2,1-2H3,(H2,27,29)/b19-16+,26-7?/t10-/m1/s1. The lowest BCUT2D eigenvalue weighted by Gasteiger charge is -2.22. The fraction of sp³-hybridized carbons (Fsp3) is 0.227. The van der Waals surface area contributed by atoms with Gasteiger partial charge in [0.1, 0.15) is 11.9 Å². The summed E-state index contributed by atoms with van der Waals surface area (Å²) in [5, 5.41) is 11.3. The molecular formula is C22H20F3N5OS. The molecule has 0 aliphatic carbocycles. The normalized spacial score (nSPS) is 17.2. The van der Waals surface area contributed by atoms with Gasteiger partial charge in [0.25, 0.3) is 6.43 Å². The summed E-state index contributed by atoms with van der Waals surface area (Å²) in [6.45, 7) is 3.75. The highest BCUT2D eigenvalue weighted by molar-refractivity contribution is 7.12. The van der Waals surface area contributed by atoms with Gasteiger partial charge in [-0.15, -0.1) is 11.3 Å². The molecule has 0 fully saturated rings. The number of aromatic nitrogens is 2. The summed E-state index contributed by atoms with van der Waals surface area (Å²) in [5.41, 5.74) is 7.70. The molecule has 2 aromatic heterocycles. The Hall–Kier alpha value is -3.40. The molecule has 0 unspecified atom stereocenters. The Kier molecular flexibility index (Phi) is 5.88. The largest absolute Gasteiger partial charge is 0.482 e. The number of aryl methyl sites for hydroxylation is 1. The Labute approximate surface area is 186 Å². The lowest BCUT2D eigenvalue weighted by Crippen LogP contribution is -2.18. The number of hydrogen-bond donors (Lipinski definition) is 3.